The van der Waals surface area contributed by atoms with Gasteiger partial charge in [0.1, 0.15) is 11.5 Å². The van der Waals surface area contributed by atoms with Crippen LogP contribution in [-0.2, 0) is 0 Å². The Morgan fingerprint density at radius 1 is 0.316 bits per heavy atom. The van der Waals surface area contributed by atoms with Crippen molar-refractivity contribution in [2.45, 2.75) is 0 Å². The summed E-state index contributed by atoms with van der Waals surface area (Å²) >= 11 is 0. The highest BCUT2D eigenvalue weighted by molar-refractivity contribution is 6.26. The van der Waals surface area contributed by atoms with Crippen LogP contribution in [0.25, 0.3) is 110 Å². The maximum atomic E-state index is 6.69. The molecule has 0 amide bonds. The third-order valence-electron chi connectivity index (χ3n) is 12.3. The summed E-state index contributed by atoms with van der Waals surface area (Å²) in [6, 6.07) is 70.8. The second kappa shape index (κ2) is 11.5. The smallest absolute Gasteiger partial charge is 0.138 e. The number of nitrogens with zero attached hydrogens (tertiary/aromatic N) is 2. The molecule has 2 aromatic heterocycles. The lowest BCUT2D eigenvalue weighted by Crippen LogP contribution is -1.98. The molecule has 0 radical (unpaired) electrons. The molecule has 0 spiro atoms. The average Bonchev–Trinajstić information content (AvgIpc) is 3.78. The monoisotopic (exact) mass is 724 g/mol. The van der Waals surface area contributed by atoms with Crippen molar-refractivity contribution < 1.29 is 4.74 Å². The van der Waals surface area contributed by atoms with Gasteiger partial charge < -0.3 is 13.9 Å². The van der Waals surface area contributed by atoms with E-state index in [9.17, 15) is 0 Å². The van der Waals surface area contributed by atoms with E-state index in [-0.39, 0.29) is 0 Å². The summed E-state index contributed by atoms with van der Waals surface area (Å²) in [5.41, 5.74) is 11.7. The van der Waals surface area contributed by atoms with Crippen LogP contribution in [0.1, 0.15) is 0 Å². The maximum absolute atomic E-state index is 6.69. The summed E-state index contributed by atoms with van der Waals surface area (Å²) in [5.74, 6) is 1.79. The van der Waals surface area contributed by atoms with Gasteiger partial charge in [0.2, 0.25) is 0 Å². The molecule has 3 heteroatoms. The molecule has 0 fully saturated rings. The molecule has 13 rings (SSSR count). The van der Waals surface area contributed by atoms with Crippen molar-refractivity contribution in [2.75, 3.05) is 0 Å². The quantitative estimate of drug-likeness (QED) is 0.166. The molecule has 264 valence electrons. The molecule has 3 heterocycles. The fourth-order valence-electron chi connectivity index (χ4n) is 9.82. The van der Waals surface area contributed by atoms with Crippen molar-refractivity contribution in [3.8, 4) is 45.1 Å². The van der Waals surface area contributed by atoms with E-state index < -0.39 is 0 Å². The van der Waals surface area contributed by atoms with Crippen LogP contribution in [0.2, 0.25) is 0 Å². The highest BCUT2D eigenvalue weighted by Gasteiger charge is 2.25. The number of rotatable bonds is 3. The molecule has 1 aliphatic heterocycles. The minimum absolute atomic E-state index is 0.894. The fraction of sp³-hybridized carbons (Fsp3) is 0. The Kier molecular flexibility index (Phi) is 6.16. The predicted molar refractivity (Wildman–Crippen MR) is 239 cm³/mol. The molecule has 12 aromatic rings. The Morgan fingerprint density at radius 3 is 1.81 bits per heavy atom. The zero-order chi connectivity index (χ0) is 37.2. The number of hydrogen-bond acceptors (Lipinski definition) is 1. The topological polar surface area (TPSA) is 19.1 Å². The zero-order valence-corrected chi connectivity index (χ0v) is 30.8. The van der Waals surface area contributed by atoms with E-state index in [2.05, 4.69) is 197 Å². The largest absolute Gasteiger partial charge is 0.456 e. The second-order valence-electron chi connectivity index (χ2n) is 15.2. The highest BCUT2D eigenvalue weighted by atomic mass is 16.5. The van der Waals surface area contributed by atoms with Gasteiger partial charge in [-0.05, 0) is 80.7 Å². The predicted octanol–water partition coefficient (Wildman–Crippen LogP) is 14.8. The molecule has 0 aliphatic carbocycles. The van der Waals surface area contributed by atoms with E-state index in [4.69, 9.17) is 4.74 Å². The molecule has 3 nitrogen and oxygen atoms in total. The molecule has 10 aromatic carbocycles. The Bertz CT molecular complexity index is 3660. The highest BCUT2D eigenvalue weighted by Crippen LogP contribution is 2.51. The summed E-state index contributed by atoms with van der Waals surface area (Å²) in [4.78, 5) is 0. The Morgan fingerprint density at radius 2 is 0.947 bits per heavy atom. The molecule has 1 aliphatic rings. The van der Waals surface area contributed by atoms with Crippen molar-refractivity contribution in [1.82, 2.24) is 9.13 Å². The van der Waals surface area contributed by atoms with Crippen LogP contribution in [0.15, 0.2) is 194 Å². The van der Waals surface area contributed by atoms with Gasteiger partial charge in [-0.15, -0.1) is 0 Å². The van der Waals surface area contributed by atoms with Gasteiger partial charge in [0.15, 0.2) is 0 Å². The van der Waals surface area contributed by atoms with E-state index in [1.54, 1.807) is 0 Å². The van der Waals surface area contributed by atoms with Crippen LogP contribution in [0.4, 0.5) is 0 Å². The lowest BCUT2D eigenvalue weighted by Gasteiger charge is -2.22. The molecule has 0 unspecified atom stereocenters. The van der Waals surface area contributed by atoms with Crippen LogP contribution in [-0.4, -0.2) is 9.13 Å². The minimum Gasteiger partial charge on any atom is -0.456 e. The standard InChI is InChI=1S/C54H32N2O/c1-2-14-36(15-3-1)55-49-30-34(26-28-44(49)53-45-22-12-21-43-42-20-9-11-24-51(42)57-52(54(43)45)32-50(53)55)33-25-27-41-40-19-8-10-23-46(40)56(47(41)29-33)48-31-35-13-4-5-16-37(35)38-17-6-7-18-39(38)48/h1-32H. The second-order valence-corrected chi connectivity index (χ2v) is 15.2. The molecule has 0 N–H and O–H groups in total. The first kappa shape index (κ1) is 30.7. The lowest BCUT2D eigenvalue weighted by atomic mass is 9.92. The summed E-state index contributed by atoms with van der Waals surface area (Å²) < 4.78 is 11.6. The van der Waals surface area contributed by atoms with E-state index in [1.807, 2.05) is 6.07 Å². The molecule has 0 saturated heterocycles. The van der Waals surface area contributed by atoms with Gasteiger partial charge in [0.05, 0.1) is 27.8 Å². The zero-order valence-electron chi connectivity index (χ0n) is 30.8. The first-order valence-corrected chi connectivity index (χ1v) is 19.6. The van der Waals surface area contributed by atoms with Crippen LogP contribution in [0.3, 0.4) is 0 Å². The van der Waals surface area contributed by atoms with Gasteiger partial charge in [0, 0.05) is 49.6 Å². The summed E-state index contributed by atoms with van der Waals surface area (Å²) in [5, 5.41) is 12.3. The number of para-hydroxylation sites is 3. The molecule has 0 atom stereocenters. The lowest BCUT2D eigenvalue weighted by molar-refractivity contribution is 0.487. The summed E-state index contributed by atoms with van der Waals surface area (Å²) in [6.07, 6.45) is 0. The molecular weight excluding hydrogens is 693 g/mol. The first-order valence-electron chi connectivity index (χ1n) is 19.6. The molecule has 57 heavy (non-hydrogen) atoms. The van der Waals surface area contributed by atoms with E-state index in [0.717, 1.165) is 33.8 Å². The third kappa shape index (κ3) is 4.26. The molecular formula is C54H32N2O. The van der Waals surface area contributed by atoms with Crippen LogP contribution in [0.5, 0.6) is 11.5 Å². The van der Waals surface area contributed by atoms with Gasteiger partial charge in [-0.25, -0.2) is 0 Å². The van der Waals surface area contributed by atoms with E-state index in [0.29, 0.717) is 0 Å². The molecule has 0 bridgehead atoms. The third-order valence-corrected chi connectivity index (χ3v) is 12.3. The average molecular weight is 725 g/mol. The Hall–Kier alpha value is -7.62. The van der Waals surface area contributed by atoms with Crippen LogP contribution in [0, 0.1) is 0 Å². The number of fused-ring (bicyclic) bond motifs is 12. The first-order chi connectivity index (χ1) is 28.3. The van der Waals surface area contributed by atoms with Gasteiger partial charge >= 0.3 is 0 Å². The Labute approximate surface area is 327 Å². The number of aromatic nitrogens is 2. The van der Waals surface area contributed by atoms with Crippen LogP contribution < -0.4 is 4.74 Å². The van der Waals surface area contributed by atoms with E-state index >= 15 is 0 Å². The van der Waals surface area contributed by atoms with Crippen molar-refractivity contribution in [3.63, 3.8) is 0 Å². The number of ether oxygens (including phenoxy) is 1. The molecule has 0 saturated carbocycles. The summed E-state index contributed by atoms with van der Waals surface area (Å²) in [6.45, 7) is 0. The fourth-order valence-corrected chi connectivity index (χ4v) is 9.82. The van der Waals surface area contributed by atoms with Crippen molar-refractivity contribution in [1.29, 1.82) is 0 Å². The van der Waals surface area contributed by atoms with Gasteiger partial charge in [-0.3, -0.25) is 0 Å². The van der Waals surface area contributed by atoms with Crippen molar-refractivity contribution in [2.24, 2.45) is 0 Å². The van der Waals surface area contributed by atoms with Crippen molar-refractivity contribution in [3.05, 3.63) is 194 Å². The number of hydrogen-bond donors (Lipinski definition) is 0. The van der Waals surface area contributed by atoms with Crippen molar-refractivity contribution >= 4 is 75.9 Å². The van der Waals surface area contributed by atoms with Gasteiger partial charge in [-0.2, -0.15) is 0 Å². The van der Waals surface area contributed by atoms with E-state index in [1.165, 1.54) is 87.3 Å². The van der Waals surface area contributed by atoms with Gasteiger partial charge in [0.25, 0.3) is 0 Å². The maximum Gasteiger partial charge on any atom is 0.138 e. The number of benzene rings is 10. The minimum atomic E-state index is 0.894. The summed E-state index contributed by atoms with van der Waals surface area (Å²) in [7, 11) is 0. The van der Waals surface area contributed by atoms with Gasteiger partial charge in [-0.1, -0.05) is 146 Å². The SMILES string of the molecule is c1ccc(-n2c3cc(-c4ccc5c6ccccc6n(-c6cc7ccccc7c7ccccc67)c5c4)ccc3c3c4cccc5c4c(cc32)Oc2ccccc2-5)cc1. The Balaban J connectivity index is 1.09. The normalized spacial score (nSPS) is 12.4. The van der Waals surface area contributed by atoms with Crippen LogP contribution >= 0.6 is 0 Å².